The van der Waals surface area contributed by atoms with Crippen molar-refractivity contribution in [1.82, 2.24) is 5.32 Å². The first-order valence-electron chi connectivity index (χ1n) is 5.09. The van der Waals surface area contributed by atoms with E-state index in [1.54, 1.807) is 17.5 Å². The van der Waals surface area contributed by atoms with Crippen molar-refractivity contribution in [3.63, 3.8) is 0 Å². The Morgan fingerprint density at radius 1 is 1.50 bits per heavy atom. The van der Waals surface area contributed by atoms with Gasteiger partial charge in [-0.1, -0.05) is 19.9 Å². The normalized spacial score (nSPS) is 14.2. The van der Waals surface area contributed by atoms with Crippen molar-refractivity contribution in [2.24, 2.45) is 0 Å². The Labute approximate surface area is 100 Å². The van der Waals surface area contributed by atoms with Crippen LogP contribution in [-0.2, 0) is 9.84 Å². The Morgan fingerprint density at radius 2 is 2.19 bits per heavy atom. The SMILES string of the molecule is CC(C)NCC(O)CS(=O)(=O)c1cccs1. The largest absolute Gasteiger partial charge is 0.391 e. The monoisotopic (exact) mass is 263 g/mol. The first-order chi connectivity index (χ1) is 7.42. The summed E-state index contributed by atoms with van der Waals surface area (Å²) in [6.45, 7) is 4.18. The van der Waals surface area contributed by atoms with Crippen LogP contribution in [0.4, 0.5) is 0 Å². The van der Waals surface area contributed by atoms with E-state index in [2.05, 4.69) is 5.32 Å². The van der Waals surface area contributed by atoms with E-state index in [-0.39, 0.29) is 11.8 Å². The van der Waals surface area contributed by atoms with Gasteiger partial charge < -0.3 is 10.4 Å². The van der Waals surface area contributed by atoms with Crippen LogP contribution in [0.15, 0.2) is 21.7 Å². The minimum atomic E-state index is -3.34. The predicted octanol–water partition coefficient (Wildman–Crippen LogP) is 0.881. The second-order valence-electron chi connectivity index (χ2n) is 3.93. The minimum absolute atomic E-state index is 0.229. The maximum absolute atomic E-state index is 11.8. The molecule has 1 rings (SSSR count). The molecule has 0 aliphatic rings. The van der Waals surface area contributed by atoms with Crippen molar-refractivity contribution >= 4 is 21.2 Å². The number of nitrogens with one attached hydrogen (secondary N) is 1. The summed E-state index contributed by atoms with van der Waals surface area (Å²) in [6.07, 6.45) is -0.866. The van der Waals surface area contributed by atoms with Gasteiger partial charge in [0, 0.05) is 12.6 Å². The van der Waals surface area contributed by atoms with E-state index in [1.807, 2.05) is 13.8 Å². The Balaban J connectivity index is 2.54. The fraction of sp³-hybridized carbons (Fsp3) is 0.600. The zero-order valence-corrected chi connectivity index (χ0v) is 11.0. The average molecular weight is 263 g/mol. The Kier molecular flexibility index (Phi) is 4.91. The van der Waals surface area contributed by atoms with Crippen molar-refractivity contribution in [2.75, 3.05) is 12.3 Å². The second-order valence-corrected chi connectivity index (χ2v) is 7.14. The number of thiophene rings is 1. The highest BCUT2D eigenvalue weighted by Crippen LogP contribution is 2.17. The number of hydrogen-bond acceptors (Lipinski definition) is 5. The Bertz CT molecular complexity index is 398. The van der Waals surface area contributed by atoms with Gasteiger partial charge in [0.05, 0.1) is 11.9 Å². The van der Waals surface area contributed by atoms with Crippen molar-refractivity contribution < 1.29 is 13.5 Å². The van der Waals surface area contributed by atoms with Crippen molar-refractivity contribution in [1.29, 1.82) is 0 Å². The standard InChI is InChI=1S/C10H17NO3S2/c1-8(2)11-6-9(12)7-16(13,14)10-4-3-5-15-10/h3-5,8-9,11-12H,6-7H2,1-2H3. The van der Waals surface area contributed by atoms with Crippen LogP contribution in [0.5, 0.6) is 0 Å². The van der Waals surface area contributed by atoms with Gasteiger partial charge in [-0.25, -0.2) is 8.42 Å². The van der Waals surface area contributed by atoms with Gasteiger partial charge in [0.25, 0.3) is 0 Å². The lowest BCUT2D eigenvalue weighted by atomic mass is 10.3. The zero-order chi connectivity index (χ0) is 12.2. The molecule has 4 nitrogen and oxygen atoms in total. The molecule has 0 fully saturated rings. The molecule has 16 heavy (non-hydrogen) atoms. The van der Waals surface area contributed by atoms with Crippen LogP contribution in [0.1, 0.15) is 13.8 Å². The van der Waals surface area contributed by atoms with E-state index >= 15 is 0 Å². The summed E-state index contributed by atoms with van der Waals surface area (Å²) in [5.74, 6) is -0.229. The van der Waals surface area contributed by atoms with Crippen molar-refractivity contribution in [3.05, 3.63) is 17.5 Å². The molecule has 0 amide bonds. The highest BCUT2D eigenvalue weighted by atomic mass is 32.2. The van der Waals surface area contributed by atoms with Gasteiger partial charge in [-0.3, -0.25) is 0 Å². The zero-order valence-electron chi connectivity index (χ0n) is 9.38. The van der Waals surface area contributed by atoms with Crippen LogP contribution < -0.4 is 5.32 Å². The molecule has 0 saturated carbocycles. The van der Waals surface area contributed by atoms with E-state index in [4.69, 9.17) is 0 Å². The lowest BCUT2D eigenvalue weighted by Crippen LogP contribution is -2.35. The van der Waals surface area contributed by atoms with Crippen molar-refractivity contribution in [2.45, 2.75) is 30.2 Å². The molecule has 92 valence electrons. The summed E-state index contributed by atoms with van der Waals surface area (Å²) in [5.41, 5.74) is 0. The van der Waals surface area contributed by atoms with Gasteiger partial charge in [-0.15, -0.1) is 11.3 Å². The quantitative estimate of drug-likeness (QED) is 0.799. The highest BCUT2D eigenvalue weighted by Gasteiger charge is 2.20. The second kappa shape index (κ2) is 5.77. The van der Waals surface area contributed by atoms with Gasteiger partial charge in [0.15, 0.2) is 9.84 Å². The minimum Gasteiger partial charge on any atom is -0.391 e. The van der Waals surface area contributed by atoms with Crippen LogP contribution in [0.25, 0.3) is 0 Å². The summed E-state index contributed by atoms with van der Waals surface area (Å²) >= 11 is 1.18. The first kappa shape index (κ1) is 13.6. The Morgan fingerprint density at radius 3 is 2.69 bits per heavy atom. The summed E-state index contributed by atoms with van der Waals surface area (Å²) in [7, 11) is -3.34. The average Bonchev–Trinajstić information content (AvgIpc) is 2.67. The Hall–Kier alpha value is -0.430. The van der Waals surface area contributed by atoms with E-state index in [9.17, 15) is 13.5 Å². The molecule has 0 aromatic carbocycles. The third kappa shape index (κ3) is 4.21. The van der Waals surface area contributed by atoms with Crippen LogP contribution in [-0.4, -0.2) is 38.0 Å². The molecule has 0 aliphatic heterocycles. The lowest BCUT2D eigenvalue weighted by molar-refractivity contribution is 0.190. The molecule has 0 saturated heterocycles. The van der Waals surface area contributed by atoms with E-state index in [0.717, 1.165) is 0 Å². The molecular weight excluding hydrogens is 246 g/mol. The fourth-order valence-electron chi connectivity index (χ4n) is 1.21. The molecule has 0 bridgehead atoms. The molecule has 1 aromatic heterocycles. The van der Waals surface area contributed by atoms with Gasteiger partial charge in [-0.05, 0) is 11.4 Å². The molecule has 0 aliphatic carbocycles. The van der Waals surface area contributed by atoms with Gasteiger partial charge in [-0.2, -0.15) is 0 Å². The smallest absolute Gasteiger partial charge is 0.190 e. The summed E-state index contributed by atoms with van der Waals surface area (Å²) in [6, 6.07) is 3.48. The van der Waals surface area contributed by atoms with Crippen molar-refractivity contribution in [3.8, 4) is 0 Å². The van der Waals surface area contributed by atoms with Crippen LogP contribution in [0.2, 0.25) is 0 Å². The molecule has 1 unspecified atom stereocenters. The molecule has 0 spiro atoms. The molecule has 0 radical (unpaired) electrons. The summed E-state index contributed by atoms with van der Waals surface area (Å²) in [5, 5.41) is 14.3. The number of rotatable bonds is 6. The predicted molar refractivity (Wildman–Crippen MR) is 65.5 cm³/mol. The number of hydrogen-bond donors (Lipinski definition) is 2. The fourth-order valence-corrected chi connectivity index (χ4v) is 3.69. The van der Waals surface area contributed by atoms with E-state index < -0.39 is 15.9 Å². The molecule has 6 heteroatoms. The maximum atomic E-state index is 11.8. The number of sulfone groups is 1. The highest BCUT2D eigenvalue weighted by molar-refractivity contribution is 7.93. The molecule has 1 heterocycles. The summed E-state index contributed by atoms with van der Waals surface area (Å²) in [4.78, 5) is 0. The number of aliphatic hydroxyl groups excluding tert-OH is 1. The van der Waals surface area contributed by atoms with Crippen LogP contribution >= 0.6 is 11.3 Å². The maximum Gasteiger partial charge on any atom is 0.190 e. The van der Waals surface area contributed by atoms with Crippen LogP contribution in [0, 0.1) is 0 Å². The first-order valence-corrected chi connectivity index (χ1v) is 7.62. The number of aliphatic hydroxyl groups is 1. The van der Waals surface area contributed by atoms with E-state index in [0.29, 0.717) is 10.8 Å². The van der Waals surface area contributed by atoms with Gasteiger partial charge in [0.1, 0.15) is 4.21 Å². The summed E-state index contributed by atoms with van der Waals surface area (Å²) < 4.78 is 23.9. The molecule has 1 atom stereocenters. The van der Waals surface area contributed by atoms with Gasteiger partial charge >= 0.3 is 0 Å². The molecule has 2 N–H and O–H groups in total. The van der Waals surface area contributed by atoms with Gasteiger partial charge in [0.2, 0.25) is 0 Å². The molecule has 1 aromatic rings. The lowest BCUT2D eigenvalue weighted by Gasteiger charge is -2.13. The third-order valence-corrected chi connectivity index (χ3v) is 5.26. The van der Waals surface area contributed by atoms with Crippen LogP contribution in [0.3, 0.4) is 0 Å². The molecular formula is C10H17NO3S2. The third-order valence-electron chi connectivity index (χ3n) is 1.98. The topological polar surface area (TPSA) is 66.4 Å². The van der Waals surface area contributed by atoms with E-state index in [1.165, 1.54) is 11.3 Å².